The third-order valence-corrected chi connectivity index (χ3v) is 4.32. The molecule has 1 aliphatic rings. The summed E-state index contributed by atoms with van der Waals surface area (Å²) in [5.74, 6) is 2.45. The van der Waals surface area contributed by atoms with E-state index in [0.717, 1.165) is 45.9 Å². The Bertz CT molecular complexity index is 481. The van der Waals surface area contributed by atoms with E-state index in [4.69, 9.17) is 30.1 Å². The predicted octanol–water partition coefficient (Wildman–Crippen LogP) is 1.04. The molecule has 0 atom stereocenters. The normalized spacial score (nSPS) is 15.8. The molecule has 0 spiro atoms. The van der Waals surface area contributed by atoms with Crippen LogP contribution >= 0.6 is 0 Å². The average molecular weight is 429 g/mol. The zero-order valence-corrected chi connectivity index (χ0v) is 19.0. The van der Waals surface area contributed by atoms with Crippen LogP contribution in [-0.4, -0.2) is 113 Å². The first-order valence-corrected chi connectivity index (χ1v) is 10.8. The van der Waals surface area contributed by atoms with Gasteiger partial charge >= 0.3 is 5.97 Å². The summed E-state index contributed by atoms with van der Waals surface area (Å²) in [6.07, 6.45) is 5.60. The number of terminal acetylenes is 1. The third-order valence-electron chi connectivity index (χ3n) is 4.32. The molecule has 0 bridgehead atoms. The van der Waals surface area contributed by atoms with Crippen molar-refractivity contribution in [3.8, 4) is 12.3 Å². The molecule has 1 aliphatic heterocycles. The molecule has 0 radical (unpaired) electrons. The van der Waals surface area contributed by atoms with Crippen molar-refractivity contribution in [1.82, 2.24) is 9.80 Å². The summed E-state index contributed by atoms with van der Waals surface area (Å²) in [5.41, 5.74) is -0.455. The first kappa shape index (κ1) is 26.8. The minimum absolute atomic E-state index is 0.248. The summed E-state index contributed by atoms with van der Waals surface area (Å²) < 4.78 is 27.1. The Kier molecular flexibility index (Phi) is 14.7. The molecular weight excluding hydrogens is 388 g/mol. The van der Waals surface area contributed by atoms with Gasteiger partial charge in [-0.25, -0.2) is 0 Å². The number of hydrogen-bond acceptors (Lipinski definition) is 8. The van der Waals surface area contributed by atoms with E-state index >= 15 is 0 Å². The highest BCUT2D eigenvalue weighted by Crippen LogP contribution is 2.08. The second-order valence-corrected chi connectivity index (χ2v) is 8.11. The Labute approximate surface area is 182 Å². The van der Waals surface area contributed by atoms with Gasteiger partial charge in [0.05, 0.1) is 65.8 Å². The Morgan fingerprint density at radius 3 is 1.77 bits per heavy atom. The van der Waals surface area contributed by atoms with E-state index in [1.165, 1.54) is 0 Å². The van der Waals surface area contributed by atoms with Crippen LogP contribution in [0.1, 0.15) is 27.2 Å². The van der Waals surface area contributed by atoms with Crippen LogP contribution in [0.5, 0.6) is 0 Å². The van der Waals surface area contributed by atoms with Crippen molar-refractivity contribution in [1.29, 1.82) is 0 Å². The molecule has 174 valence electrons. The maximum Gasteiger partial charge on any atom is 0.308 e. The van der Waals surface area contributed by atoms with Gasteiger partial charge in [-0.3, -0.25) is 14.6 Å². The molecule has 0 aromatic rings. The molecular formula is C22H40N2O6. The minimum Gasteiger partial charge on any atom is -0.460 e. The van der Waals surface area contributed by atoms with E-state index < -0.39 is 5.60 Å². The number of carbonyl (C=O) groups is 1. The van der Waals surface area contributed by atoms with Crippen molar-refractivity contribution in [2.24, 2.45) is 0 Å². The van der Waals surface area contributed by atoms with E-state index in [1.54, 1.807) is 0 Å². The highest BCUT2D eigenvalue weighted by atomic mass is 16.6. The van der Waals surface area contributed by atoms with Crippen LogP contribution in [0.25, 0.3) is 0 Å². The molecule has 0 aromatic carbocycles. The van der Waals surface area contributed by atoms with Gasteiger partial charge in [0.25, 0.3) is 0 Å². The number of hydrogen-bond donors (Lipinski definition) is 0. The van der Waals surface area contributed by atoms with Gasteiger partial charge in [0, 0.05) is 32.7 Å². The van der Waals surface area contributed by atoms with Crippen LogP contribution < -0.4 is 0 Å². The molecule has 0 N–H and O–H groups in total. The molecule has 0 saturated carbocycles. The van der Waals surface area contributed by atoms with Crippen molar-refractivity contribution < 1.29 is 28.5 Å². The molecule has 1 rings (SSSR count). The summed E-state index contributed by atoms with van der Waals surface area (Å²) >= 11 is 0. The molecule has 8 heteroatoms. The number of ether oxygens (including phenoxy) is 5. The van der Waals surface area contributed by atoms with Crippen molar-refractivity contribution in [3.05, 3.63) is 0 Å². The largest absolute Gasteiger partial charge is 0.460 e. The fourth-order valence-corrected chi connectivity index (χ4v) is 2.80. The van der Waals surface area contributed by atoms with Crippen molar-refractivity contribution in [2.75, 3.05) is 92.1 Å². The molecule has 0 aliphatic carbocycles. The lowest BCUT2D eigenvalue weighted by Gasteiger charge is -2.33. The summed E-state index contributed by atoms with van der Waals surface area (Å²) in [6.45, 7) is 15.5. The summed E-state index contributed by atoms with van der Waals surface area (Å²) in [6, 6.07) is 0. The van der Waals surface area contributed by atoms with Crippen LogP contribution in [0.4, 0.5) is 0 Å². The molecule has 0 aromatic heterocycles. The predicted molar refractivity (Wildman–Crippen MR) is 115 cm³/mol. The van der Waals surface area contributed by atoms with Crippen LogP contribution in [0.3, 0.4) is 0 Å². The lowest BCUT2D eigenvalue weighted by Crippen LogP contribution is -2.47. The molecule has 1 heterocycles. The maximum atomic E-state index is 11.5. The second kappa shape index (κ2) is 16.5. The molecule has 30 heavy (non-hydrogen) atoms. The van der Waals surface area contributed by atoms with E-state index in [9.17, 15) is 4.79 Å². The lowest BCUT2D eigenvalue weighted by molar-refractivity contribution is -0.156. The Morgan fingerprint density at radius 2 is 1.27 bits per heavy atom. The number of piperazine rings is 1. The lowest BCUT2D eigenvalue weighted by atomic mass is 10.2. The minimum atomic E-state index is -0.455. The topological polar surface area (TPSA) is 69.7 Å². The highest BCUT2D eigenvalue weighted by Gasteiger charge is 2.16. The van der Waals surface area contributed by atoms with Crippen LogP contribution in [0.2, 0.25) is 0 Å². The number of esters is 1. The Hall–Kier alpha value is -1.21. The molecule has 0 amide bonds. The number of nitrogens with zero attached hydrogens (tertiary/aromatic N) is 2. The fourth-order valence-electron chi connectivity index (χ4n) is 2.80. The van der Waals surface area contributed by atoms with Crippen molar-refractivity contribution >= 4 is 5.97 Å². The van der Waals surface area contributed by atoms with Gasteiger partial charge in [0.15, 0.2) is 0 Å². The van der Waals surface area contributed by atoms with Gasteiger partial charge in [0.1, 0.15) is 5.60 Å². The molecule has 1 saturated heterocycles. The zero-order chi connectivity index (χ0) is 22.1. The Morgan fingerprint density at radius 1 is 0.800 bits per heavy atom. The summed E-state index contributed by atoms with van der Waals surface area (Å²) in [5, 5.41) is 0. The van der Waals surface area contributed by atoms with Crippen molar-refractivity contribution in [2.45, 2.75) is 32.8 Å². The Balaban J connectivity index is 1.77. The van der Waals surface area contributed by atoms with E-state index in [2.05, 4.69) is 15.7 Å². The van der Waals surface area contributed by atoms with Crippen LogP contribution in [-0.2, 0) is 28.5 Å². The third kappa shape index (κ3) is 15.6. The molecule has 0 unspecified atom stereocenters. The second-order valence-electron chi connectivity index (χ2n) is 8.11. The SMILES string of the molecule is C#CCN1CCN(CCOCCOCCOCCOCCC(=O)OC(C)(C)C)CC1. The fraction of sp³-hybridized carbons (Fsp3) is 0.864. The first-order valence-electron chi connectivity index (χ1n) is 10.8. The van der Waals surface area contributed by atoms with Gasteiger partial charge in [-0.15, -0.1) is 6.42 Å². The van der Waals surface area contributed by atoms with Gasteiger partial charge in [-0.05, 0) is 20.8 Å². The molecule has 8 nitrogen and oxygen atoms in total. The van der Waals surface area contributed by atoms with E-state index in [0.29, 0.717) is 46.2 Å². The highest BCUT2D eigenvalue weighted by molar-refractivity contribution is 5.69. The van der Waals surface area contributed by atoms with Gasteiger partial charge in [-0.1, -0.05) is 5.92 Å². The summed E-state index contributed by atoms with van der Waals surface area (Å²) in [7, 11) is 0. The standard InChI is InChI=1S/C22H40N2O6/c1-5-7-23-8-10-24(11-9-23)12-14-27-16-18-29-20-19-28-17-15-26-13-6-21(25)30-22(2,3)4/h1H,6-20H2,2-4H3. The maximum absolute atomic E-state index is 11.5. The number of carbonyl (C=O) groups excluding carboxylic acids is 1. The molecule has 1 fully saturated rings. The zero-order valence-electron chi connectivity index (χ0n) is 19.0. The number of rotatable bonds is 16. The monoisotopic (exact) mass is 428 g/mol. The summed E-state index contributed by atoms with van der Waals surface area (Å²) in [4.78, 5) is 16.2. The van der Waals surface area contributed by atoms with Gasteiger partial charge < -0.3 is 23.7 Å². The van der Waals surface area contributed by atoms with Crippen LogP contribution in [0, 0.1) is 12.3 Å². The van der Waals surface area contributed by atoms with Crippen molar-refractivity contribution in [3.63, 3.8) is 0 Å². The van der Waals surface area contributed by atoms with Crippen LogP contribution in [0.15, 0.2) is 0 Å². The van der Waals surface area contributed by atoms with E-state index in [1.807, 2.05) is 20.8 Å². The first-order chi connectivity index (χ1) is 14.4. The van der Waals surface area contributed by atoms with Gasteiger partial charge in [0.2, 0.25) is 0 Å². The van der Waals surface area contributed by atoms with E-state index in [-0.39, 0.29) is 12.4 Å². The quantitative estimate of drug-likeness (QED) is 0.205. The average Bonchev–Trinajstić information content (AvgIpc) is 2.68. The smallest absolute Gasteiger partial charge is 0.308 e. The van der Waals surface area contributed by atoms with Gasteiger partial charge in [-0.2, -0.15) is 0 Å².